The second-order valence-electron chi connectivity index (χ2n) is 9.08. The molecule has 0 spiro atoms. The first-order valence-corrected chi connectivity index (χ1v) is 14.0. The molecule has 0 saturated carbocycles. The minimum atomic E-state index is -3.46. The molecule has 9 heteroatoms. The van der Waals surface area contributed by atoms with Gasteiger partial charge in [-0.15, -0.1) is 0 Å². The summed E-state index contributed by atoms with van der Waals surface area (Å²) in [5, 5.41) is 2.88. The Labute approximate surface area is 214 Å². The van der Waals surface area contributed by atoms with Gasteiger partial charge in [0.2, 0.25) is 21.8 Å². The van der Waals surface area contributed by atoms with E-state index in [1.165, 1.54) is 4.31 Å². The zero-order valence-electron chi connectivity index (χ0n) is 21.2. The predicted molar refractivity (Wildman–Crippen MR) is 139 cm³/mol. The molecule has 0 bridgehead atoms. The number of amides is 2. The summed E-state index contributed by atoms with van der Waals surface area (Å²) in [6, 6.07) is 15.7. The predicted octanol–water partition coefficient (Wildman–Crippen LogP) is 2.97. The third kappa shape index (κ3) is 7.62. The van der Waals surface area contributed by atoms with Crippen LogP contribution in [0.5, 0.6) is 0 Å². The van der Waals surface area contributed by atoms with E-state index in [1.807, 2.05) is 30.3 Å². The zero-order chi connectivity index (χ0) is 26.0. The molecule has 2 aromatic rings. The van der Waals surface area contributed by atoms with Crippen LogP contribution < -0.4 is 5.32 Å². The molecule has 1 saturated heterocycles. The fourth-order valence-electron chi connectivity index (χ4n) is 4.24. The van der Waals surface area contributed by atoms with Crippen LogP contribution in [0.4, 0.5) is 0 Å². The van der Waals surface area contributed by atoms with Crippen LogP contribution in [-0.4, -0.2) is 68.8 Å². The average molecular weight is 516 g/mol. The molecule has 8 nitrogen and oxygen atoms in total. The molecule has 0 unspecified atom stereocenters. The second-order valence-corrected chi connectivity index (χ2v) is 11.0. The molecular formula is C27H37N3O5S. The van der Waals surface area contributed by atoms with E-state index < -0.39 is 16.1 Å². The van der Waals surface area contributed by atoms with Crippen LogP contribution in [0.3, 0.4) is 0 Å². The lowest BCUT2D eigenvalue weighted by atomic mass is 10.1. The van der Waals surface area contributed by atoms with Crippen LogP contribution in [0.25, 0.3) is 0 Å². The molecule has 1 heterocycles. The number of carbonyl (C=O) groups excluding carboxylic acids is 2. The smallest absolute Gasteiger partial charge is 0.243 e. The van der Waals surface area contributed by atoms with E-state index in [2.05, 4.69) is 5.32 Å². The molecule has 36 heavy (non-hydrogen) atoms. The number of benzene rings is 2. The molecule has 0 aliphatic carbocycles. The monoisotopic (exact) mass is 515 g/mol. The zero-order valence-corrected chi connectivity index (χ0v) is 22.0. The molecule has 1 N–H and O–H groups in total. The first-order valence-electron chi connectivity index (χ1n) is 12.5. The van der Waals surface area contributed by atoms with Crippen molar-refractivity contribution < 1.29 is 22.7 Å². The normalized spacial score (nSPS) is 14.9. The van der Waals surface area contributed by atoms with Crippen LogP contribution in [0, 0.1) is 0 Å². The number of rotatable bonds is 13. The highest BCUT2D eigenvalue weighted by molar-refractivity contribution is 7.89. The van der Waals surface area contributed by atoms with E-state index in [4.69, 9.17) is 4.74 Å². The van der Waals surface area contributed by atoms with Gasteiger partial charge in [-0.3, -0.25) is 9.59 Å². The highest BCUT2D eigenvalue weighted by atomic mass is 32.2. The number of nitrogens with zero attached hydrogens (tertiary/aromatic N) is 2. The Morgan fingerprint density at radius 3 is 2.33 bits per heavy atom. The lowest BCUT2D eigenvalue weighted by Crippen LogP contribution is -2.48. The lowest BCUT2D eigenvalue weighted by Gasteiger charge is -2.29. The third-order valence-electron chi connectivity index (χ3n) is 6.44. The van der Waals surface area contributed by atoms with Gasteiger partial charge in [-0.05, 0) is 55.9 Å². The summed E-state index contributed by atoms with van der Waals surface area (Å²) < 4.78 is 32.0. The van der Waals surface area contributed by atoms with Crippen molar-refractivity contribution in [2.24, 2.45) is 0 Å². The number of carbonyl (C=O) groups is 2. The maximum absolute atomic E-state index is 13.3. The van der Waals surface area contributed by atoms with Gasteiger partial charge in [-0.1, -0.05) is 42.5 Å². The standard InChI is InChI=1S/C27H37N3O5S/c1-22(27(32)28-17-8-20-35-2)30(21-24-9-4-3-5-10-24)26(31)16-13-23-11-14-25(15-12-23)36(33,34)29-18-6-7-19-29/h3-5,9-12,14-15,22H,6-8,13,16-21H2,1-2H3,(H,28,32)/t22-/m0/s1. The van der Waals surface area contributed by atoms with Crippen molar-refractivity contribution in [1.29, 1.82) is 0 Å². The fraction of sp³-hybridized carbons (Fsp3) is 0.481. The van der Waals surface area contributed by atoms with Crippen molar-refractivity contribution in [1.82, 2.24) is 14.5 Å². The number of nitrogens with one attached hydrogen (secondary N) is 1. The van der Waals surface area contributed by atoms with E-state index in [0.29, 0.717) is 45.6 Å². The number of sulfonamides is 1. The summed E-state index contributed by atoms with van der Waals surface area (Å²) in [4.78, 5) is 27.9. The summed E-state index contributed by atoms with van der Waals surface area (Å²) in [5.41, 5.74) is 1.82. The third-order valence-corrected chi connectivity index (χ3v) is 8.35. The largest absolute Gasteiger partial charge is 0.385 e. The topological polar surface area (TPSA) is 96.0 Å². The summed E-state index contributed by atoms with van der Waals surface area (Å²) >= 11 is 0. The maximum atomic E-state index is 13.3. The van der Waals surface area contributed by atoms with Gasteiger partial charge < -0.3 is 15.0 Å². The number of hydrogen-bond donors (Lipinski definition) is 1. The minimum Gasteiger partial charge on any atom is -0.385 e. The van der Waals surface area contributed by atoms with E-state index in [-0.39, 0.29) is 23.1 Å². The SMILES string of the molecule is COCCCNC(=O)[C@H](C)N(Cc1ccccc1)C(=O)CCc1ccc(S(=O)(=O)N2CCCC2)cc1. The Morgan fingerprint density at radius 2 is 1.69 bits per heavy atom. The Balaban J connectivity index is 1.64. The summed E-state index contributed by atoms with van der Waals surface area (Å²) in [6.45, 7) is 4.24. The van der Waals surface area contributed by atoms with Gasteiger partial charge in [0.25, 0.3) is 0 Å². The van der Waals surface area contributed by atoms with Crippen LogP contribution in [-0.2, 0) is 37.3 Å². The van der Waals surface area contributed by atoms with Gasteiger partial charge in [0.05, 0.1) is 4.90 Å². The molecule has 0 aromatic heterocycles. The number of methoxy groups -OCH3 is 1. The van der Waals surface area contributed by atoms with E-state index >= 15 is 0 Å². The Kier molecular flexibility index (Phi) is 10.5. The maximum Gasteiger partial charge on any atom is 0.243 e. The minimum absolute atomic E-state index is 0.132. The molecule has 1 atom stereocenters. The van der Waals surface area contributed by atoms with Crippen molar-refractivity contribution in [3.63, 3.8) is 0 Å². The van der Waals surface area contributed by atoms with E-state index in [1.54, 1.807) is 43.2 Å². The fourth-order valence-corrected chi connectivity index (χ4v) is 5.76. The Bertz CT molecular complexity index is 1080. The summed E-state index contributed by atoms with van der Waals surface area (Å²) in [7, 11) is -1.85. The molecule has 3 rings (SSSR count). The van der Waals surface area contributed by atoms with Crippen LogP contribution in [0.1, 0.15) is 43.7 Å². The van der Waals surface area contributed by atoms with E-state index in [9.17, 15) is 18.0 Å². The quantitative estimate of drug-likeness (QED) is 0.414. The number of hydrogen-bond acceptors (Lipinski definition) is 5. The molecule has 1 aliphatic rings. The summed E-state index contributed by atoms with van der Waals surface area (Å²) in [5.74, 6) is -0.334. The van der Waals surface area contributed by atoms with Crippen molar-refractivity contribution in [2.45, 2.75) is 56.5 Å². The van der Waals surface area contributed by atoms with Crippen molar-refractivity contribution in [2.75, 3.05) is 33.4 Å². The highest BCUT2D eigenvalue weighted by Crippen LogP contribution is 2.21. The molecule has 196 valence electrons. The molecule has 2 aromatic carbocycles. The van der Waals surface area contributed by atoms with Gasteiger partial charge in [0, 0.05) is 46.3 Å². The summed E-state index contributed by atoms with van der Waals surface area (Å²) in [6.07, 6.45) is 3.15. The van der Waals surface area contributed by atoms with Gasteiger partial charge in [0.15, 0.2) is 0 Å². The highest BCUT2D eigenvalue weighted by Gasteiger charge is 2.28. The van der Waals surface area contributed by atoms with E-state index in [0.717, 1.165) is 24.0 Å². The molecule has 0 radical (unpaired) electrons. The van der Waals surface area contributed by atoms with Crippen molar-refractivity contribution in [3.8, 4) is 0 Å². The molecule has 2 amide bonds. The first-order chi connectivity index (χ1) is 17.3. The Morgan fingerprint density at radius 1 is 1.03 bits per heavy atom. The number of aryl methyl sites for hydroxylation is 1. The van der Waals surface area contributed by atoms with Crippen LogP contribution in [0.15, 0.2) is 59.5 Å². The molecule has 1 aliphatic heterocycles. The Hall–Kier alpha value is -2.75. The van der Waals surface area contributed by atoms with Crippen molar-refractivity contribution in [3.05, 3.63) is 65.7 Å². The average Bonchev–Trinajstić information content (AvgIpc) is 3.45. The van der Waals surface area contributed by atoms with Gasteiger partial charge in [-0.25, -0.2) is 8.42 Å². The molecular weight excluding hydrogens is 478 g/mol. The van der Waals surface area contributed by atoms with Gasteiger partial charge in [0.1, 0.15) is 6.04 Å². The van der Waals surface area contributed by atoms with Gasteiger partial charge >= 0.3 is 0 Å². The lowest BCUT2D eigenvalue weighted by molar-refractivity contribution is -0.140. The van der Waals surface area contributed by atoms with Crippen LogP contribution in [0.2, 0.25) is 0 Å². The number of ether oxygens (including phenoxy) is 1. The molecule has 1 fully saturated rings. The second kappa shape index (κ2) is 13.5. The van der Waals surface area contributed by atoms with Crippen LogP contribution >= 0.6 is 0 Å². The van der Waals surface area contributed by atoms with Crippen molar-refractivity contribution >= 4 is 21.8 Å². The van der Waals surface area contributed by atoms with Gasteiger partial charge in [-0.2, -0.15) is 4.31 Å². The first kappa shape index (κ1) is 27.8.